The van der Waals surface area contributed by atoms with E-state index in [1.54, 1.807) is 0 Å². The first-order chi connectivity index (χ1) is 8.22. The zero-order chi connectivity index (χ0) is 11.8. The summed E-state index contributed by atoms with van der Waals surface area (Å²) in [5, 5.41) is 0. The van der Waals surface area contributed by atoms with Gasteiger partial charge in [0.15, 0.2) is 11.5 Å². The second kappa shape index (κ2) is 3.37. The van der Waals surface area contributed by atoms with Gasteiger partial charge in [-0.1, -0.05) is 0 Å². The normalized spacial score (nSPS) is 10.8. The first-order valence-electron chi connectivity index (χ1n) is 4.55. The summed E-state index contributed by atoms with van der Waals surface area (Å²) in [4.78, 5) is 36.6. The molecule has 8 nitrogen and oxygen atoms in total. The number of H-pyrrole nitrogens is 1. The molecule has 3 heterocycles. The maximum atomic E-state index is 11.3. The molecule has 2 aliphatic rings. The van der Waals surface area contributed by atoms with Gasteiger partial charge in [0.25, 0.3) is 0 Å². The fourth-order valence-corrected chi connectivity index (χ4v) is 1.30. The zero-order valence-corrected chi connectivity index (χ0v) is 8.21. The number of hydrogen-bond donors (Lipinski definition) is 1. The van der Waals surface area contributed by atoms with E-state index >= 15 is 0 Å². The number of fused-ring (bicyclic) bond motifs is 4. The van der Waals surface area contributed by atoms with Crippen molar-refractivity contribution in [2.24, 2.45) is 0 Å². The highest BCUT2D eigenvalue weighted by molar-refractivity contribution is 5.68. The molecule has 84 valence electrons. The highest BCUT2D eigenvalue weighted by atomic mass is 16.4. The van der Waals surface area contributed by atoms with Crippen molar-refractivity contribution in [1.29, 1.82) is 0 Å². The first-order valence-corrected chi connectivity index (χ1v) is 4.55. The predicted octanol–water partition coefficient (Wildman–Crippen LogP) is -0.0737. The lowest BCUT2D eigenvalue weighted by Gasteiger charge is -1.94. The largest absolute Gasteiger partial charge is 0.404 e. The molecule has 0 atom stereocenters. The maximum Gasteiger partial charge on any atom is 0.338 e. The second-order valence-electron chi connectivity index (χ2n) is 3.09. The molecule has 17 heavy (non-hydrogen) atoms. The van der Waals surface area contributed by atoms with E-state index in [-0.39, 0.29) is 23.1 Å². The van der Waals surface area contributed by atoms with Gasteiger partial charge < -0.3 is 8.83 Å². The second-order valence-corrected chi connectivity index (χ2v) is 3.09. The van der Waals surface area contributed by atoms with Gasteiger partial charge in [-0.05, 0) is 0 Å². The molecule has 1 aromatic rings. The van der Waals surface area contributed by atoms with Gasteiger partial charge in [0.2, 0.25) is 5.71 Å². The zero-order valence-electron chi connectivity index (χ0n) is 8.21. The molecule has 2 aliphatic heterocycles. The van der Waals surface area contributed by atoms with Crippen LogP contribution in [0.25, 0.3) is 23.1 Å². The van der Waals surface area contributed by atoms with Gasteiger partial charge >= 0.3 is 17.1 Å². The van der Waals surface area contributed by atoms with Crippen LogP contribution in [-0.4, -0.2) is 19.9 Å². The summed E-state index contributed by atoms with van der Waals surface area (Å²) in [6.45, 7) is 0. The number of imidazole rings is 1. The Bertz CT molecular complexity index is 800. The Morgan fingerprint density at radius 3 is 2.65 bits per heavy atom. The van der Waals surface area contributed by atoms with E-state index < -0.39 is 11.3 Å². The smallest absolute Gasteiger partial charge is 0.338 e. The first kappa shape index (κ1) is 9.46. The van der Waals surface area contributed by atoms with E-state index in [9.17, 15) is 9.59 Å². The minimum atomic E-state index is -0.739. The minimum absolute atomic E-state index is 0.0341. The van der Waals surface area contributed by atoms with Crippen LogP contribution in [0.5, 0.6) is 0 Å². The standard InChI is InChI=1S/C9H4N4O4/c14-4-1-2-5(15)17-9-12-7-6(10-3-11-7)8(13-9)16-4/h1-3H,(H,10,11,12,13). The molecule has 0 saturated heterocycles. The van der Waals surface area contributed by atoms with Crippen molar-refractivity contribution in [2.75, 3.05) is 0 Å². The summed E-state index contributed by atoms with van der Waals surface area (Å²) in [6.07, 6.45) is 1.26. The fourth-order valence-electron chi connectivity index (χ4n) is 1.30. The van der Waals surface area contributed by atoms with E-state index in [1.165, 1.54) is 6.33 Å². The fraction of sp³-hybridized carbons (Fsp3) is 0. The summed E-state index contributed by atoms with van der Waals surface area (Å²) in [5.41, 5.74) is -1.14. The number of aromatic nitrogens is 4. The van der Waals surface area contributed by atoms with Crippen molar-refractivity contribution in [3.05, 3.63) is 39.3 Å². The summed E-state index contributed by atoms with van der Waals surface area (Å²) in [5.74, 6) is 0.105. The van der Waals surface area contributed by atoms with Crippen LogP contribution in [0.2, 0.25) is 0 Å². The number of rotatable bonds is 0. The third kappa shape index (κ3) is 1.61. The molecular formula is C9H4N4O4. The van der Waals surface area contributed by atoms with Crippen LogP contribution in [0.3, 0.4) is 0 Å². The number of nitrogens with one attached hydrogen (secondary N) is 1. The van der Waals surface area contributed by atoms with Crippen molar-refractivity contribution < 1.29 is 8.83 Å². The number of aromatic amines is 1. The van der Waals surface area contributed by atoms with E-state index in [4.69, 9.17) is 8.83 Å². The molecule has 0 spiro atoms. The maximum absolute atomic E-state index is 11.3. The summed E-state index contributed by atoms with van der Waals surface area (Å²) < 4.78 is 9.75. The van der Waals surface area contributed by atoms with Gasteiger partial charge in [0.05, 0.1) is 0 Å². The molecule has 3 rings (SSSR count). The van der Waals surface area contributed by atoms with Gasteiger partial charge in [0.1, 0.15) is 6.33 Å². The van der Waals surface area contributed by atoms with Gasteiger partial charge in [-0.2, -0.15) is 4.98 Å². The molecule has 0 aromatic carbocycles. The lowest BCUT2D eigenvalue weighted by atomic mass is 10.4. The predicted molar refractivity (Wildman–Crippen MR) is 54.2 cm³/mol. The minimum Gasteiger partial charge on any atom is -0.404 e. The molecule has 0 aliphatic carbocycles. The SMILES string of the molecule is O=c1ccc(=O)oc2[nH]c(nc3ncnc2-3)o1. The average Bonchev–Trinajstić information content (AvgIpc) is 2.75. The topological polar surface area (TPSA) is 115 Å². The highest BCUT2D eigenvalue weighted by Crippen LogP contribution is 2.17. The molecule has 0 fully saturated rings. The monoisotopic (exact) mass is 232 g/mol. The molecule has 8 heteroatoms. The van der Waals surface area contributed by atoms with Crippen molar-refractivity contribution in [1.82, 2.24) is 19.9 Å². The van der Waals surface area contributed by atoms with Crippen LogP contribution >= 0.6 is 0 Å². The van der Waals surface area contributed by atoms with Crippen LogP contribution in [0.4, 0.5) is 0 Å². The highest BCUT2D eigenvalue weighted by Gasteiger charge is 2.13. The molecule has 1 N–H and O–H groups in total. The van der Waals surface area contributed by atoms with Crippen molar-refractivity contribution in [3.63, 3.8) is 0 Å². The number of hydrogen-bond acceptors (Lipinski definition) is 7. The van der Waals surface area contributed by atoms with Crippen molar-refractivity contribution in [3.8, 4) is 11.5 Å². The van der Waals surface area contributed by atoms with Crippen LogP contribution in [0.1, 0.15) is 0 Å². The van der Waals surface area contributed by atoms with E-state index in [2.05, 4.69) is 19.9 Å². The Morgan fingerprint density at radius 2 is 1.82 bits per heavy atom. The Balaban J connectivity index is 2.62. The summed E-state index contributed by atoms with van der Waals surface area (Å²) >= 11 is 0. The Labute approximate surface area is 92.0 Å². The molecule has 0 amide bonds. The van der Waals surface area contributed by atoms with Crippen LogP contribution < -0.4 is 11.3 Å². The molecule has 1 aromatic heterocycles. The average molecular weight is 232 g/mol. The quantitative estimate of drug-likeness (QED) is 0.576. The van der Waals surface area contributed by atoms with Gasteiger partial charge in [-0.15, -0.1) is 0 Å². The molecular weight excluding hydrogens is 228 g/mol. The molecule has 0 saturated carbocycles. The third-order valence-corrected chi connectivity index (χ3v) is 1.98. The molecule has 0 radical (unpaired) electrons. The molecule has 0 unspecified atom stereocenters. The molecule has 2 bridgehead atoms. The van der Waals surface area contributed by atoms with Crippen LogP contribution in [-0.2, 0) is 0 Å². The third-order valence-electron chi connectivity index (χ3n) is 1.98. The van der Waals surface area contributed by atoms with Gasteiger partial charge in [-0.25, -0.2) is 19.6 Å². The Hall–Kier alpha value is -2.77. The van der Waals surface area contributed by atoms with Crippen LogP contribution in [0.15, 0.2) is 36.9 Å². The number of nitrogens with zero attached hydrogens (tertiary/aromatic N) is 3. The van der Waals surface area contributed by atoms with Gasteiger partial charge in [0, 0.05) is 12.1 Å². The van der Waals surface area contributed by atoms with Crippen molar-refractivity contribution >= 4 is 11.6 Å². The van der Waals surface area contributed by atoms with Crippen LogP contribution in [0, 0.1) is 0 Å². The Morgan fingerprint density at radius 1 is 1.06 bits per heavy atom. The summed E-state index contributed by atoms with van der Waals surface area (Å²) in [7, 11) is 0. The van der Waals surface area contributed by atoms with Gasteiger partial charge in [-0.3, -0.25) is 4.98 Å². The van der Waals surface area contributed by atoms with E-state index in [1.807, 2.05) is 0 Å². The van der Waals surface area contributed by atoms with E-state index in [0.29, 0.717) is 0 Å². The lowest BCUT2D eigenvalue weighted by Crippen LogP contribution is -1.95. The summed E-state index contributed by atoms with van der Waals surface area (Å²) in [6, 6.07) is 1.90. The lowest BCUT2D eigenvalue weighted by molar-refractivity contribution is 0.526. The Kier molecular flexibility index (Phi) is 1.87. The van der Waals surface area contributed by atoms with Crippen molar-refractivity contribution in [2.45, 2.75) is 0 Å². The van der Waals surface area contributed by atoms with E-state index in [0.717, 1.165) is 12.1 Å².